The van der Waals surface area contributed by atoms with Crippen LogP contribution in [0.5, 0.6) is 5.75 Å². The first-order valence-electron chi connectivity index (χ1n) is 4.40. The van der Waals surface area contributed by atoms with Crippen LogP contribution in [0.25, 0.3) is 0 Å². The van der Waals surface area contributed by atoms with E-state index in [0.717, 1.165) is 6.42 Å². The molecule has 3 N–H and O–H groups in total. The van der Waals surface area contributed by atoms with Crippen LogP contribution in [0.4, 0.5) is 5.69 Å². The normalized spacial score (nSPS) is 9.79. The number of nitrogen functional groups attached to an aromatic ring is 1. The largest absolute Gasteiger partial charge is 0.507 e. The molecule has 1 aromatic carbocycles. The lowest BCUT2D eigenvalue weighted by Crippen LogP contribution is -2.06. The van der Waals surface area contributed by atoms with Crippen molar-refractivity contribution >= 4 is 11.7 Å². The maximum atomic E-state index is 11.3. The summed E-state index contributed by atoms with van der Waals surface area (Å²) in [6.45, 7) is 2.24. The van der Waals surface area contributed by atoms with E-state index >= 15 is 0 Å². The molecule has 0 saturated heterocycles. The average molecular weight is 195 g/mol. The molecule has 4 heteroatoms. The van der Waals surface area contributed by atoms with E-state index in [1.807, 2.05) is 6.92 Å². The first-order valence-corrected chi connectivity index (χ1v) is 4.40. The summed E-state index contributed by atoms with van der Waals surface area (Å²) in [5, 5.41) is 9.35. The minimum atomic E-state index is -0.545. The Morgan fingerprint density at radius 1 is 1.57 bits per heavy atom. The van der Waals surface area contributed by atoms with E-state index in [0.29, 0.717) is 12.3 Å². The Kier molecular flexibility index (Phi) is 3.34. The molecule has 1 rings (SSSR count). The molecular weight excluding hydrogens is 182 g/mol. The van der Waals surface area contributed by atoms with Crippen LogP contribution in [-0.4, -0.2) is 17.7 Å². The van der Waals surface area contributed by atoms with Crippen LogP contribution in [0.3, 0.4) is 0 Å². The van der Waals surface area contributed by atoms with Gasteiger partial charge in [-0.15, -0.1) is 0 Å². The number of rotatable bonds is 3. The molecule has 0 spiro atoms. The maximum Gasteiger partial charge on any atom is 0.341 e. The Morgan fingerprint density at radius 3 is 2.93 bits per heavy atom. The molecule has 0 unspecified atom stereocenters. The number of carbonyl (C=O) groups excluding carboxylic acids is 1. The zero-order chi connectivity index (χ0) is 10.6. The van der Waals surface area contributed by atoms with Gasteiger partial charge in [0.05, 0.1) is 6.61 Å². The second-order valence-corrected chi connectivity index (χ2v) is 2.91. The monoisotopic (exact) mass is 195 g/mol. The van der Waals surface area contributed by atoms with Crippen molar-refractivity contribution in [3.63, 3.8) is 0 Å². The lowest BCUT2D eigenvalue weighted by Gasteiger charge is -2.05. The van der Waals surface area contributed by atoms with E-state index in [4.69, 9.17) is 10.5 Å². The van der Waals surface area contributed by atoms with Gasteiger partial charge in [-0.3, -0.25) is 0 Å². The van der Waals surface area contributed by atoms with Gasteiger partial charge in [-0.2, -0.15) is 0 Å². The first-order chi connectivity index (χ1) is 6.65. The summed E-state index contributed by atoms with van der Waals surface area (Å²) in [6.07, 6.45) is 0.745. The molecule has 0 aliphatic heterocycles. The Hall–Kier alpha value is -1.71. The smallest absolute Gasteiger partial charge is 0.341 e. The summed E-state index contributed by atoms with van der Waals surface area (Å²) < 4.78 is 4.86. The number of nitrogens with two attached hydrogens (primary N) is 1. The van der Waals surface area contributed by atoms with Crippen LogP contribution in [0.15, 0.2) is 18.2 Å². The molecule has 14 heavy (non-hydrogen) atoms. The van der Waals surface area contributed by atoms with Crippen molar-refractivity contribution in [3.05, 3.63) is 23.8 Å². The molecular formula is C10H13NO3. The summed E-state index contributed by atoms with van der Waals surface area (Å²) in [4.78, 5) is 11.3. The number of phenolic OH excluding ortho intramolecular Hbond substituents is 1. The van der Waals surface area contributed by atoms with E-state index in [1.165, 1.54) is 18.2 Å². The fourth-order valence-corrected chi connectivity index (χ4v) is 0.990. The van der Waals surface area contributed by atoms with E-state index in [-0.39, 0.29) is 11.3 Å². The summed E-state index contributed by atoms with van der Waals surface area (Å²) in [7, 11) is 0. The van der Waals surface area contributed by atoms with Crippen LogP contribution >= 0.6 is 0 Å². The predicted octanol–water partition coefficient (Wildman–Crippen LogP) is 1.54. The Labute approximate surface area is 82.3 Å². The highest BCUT2D eigenvalue weighted by Crippen LogP contribution is 2.20. The minimum Gasteiger partial charge on any atom is -0.507 e. The zero-order valence-corrected chi connectivity index (χ0v) is 7.99. The third-order valence-corrected chi connectivity index (χ3v) is 1.68. The summed E-state index contributed by atoms with van der Waals surface area (Å²) in [5.41, 5.74) is 6.01. The number of ether oxygens (including phenoxy) is 1. The topological polar surface area (TPSA) is 72.5 Å². The van der Waals surface area contributed by atoms with Gasteiger partial charge in [-0.1, -0.05) is 6.92 Å². The maximum absolute atomic E-state index is 11.3. The van der Waals surface area contributed by atoms with E-state index in [2.05, 4.69) is 0 Å². The molecule has 0 atom stereocenters. The molecule has 0 amide bonds. The van der Waals surface area contributed by atoms with Crippen LogP contribution in [0, 0.1) is 0 Å². The van der Waals surface area contributed by atoms with Crippen LogP contribution in [-0.2, 0) is 4.74 Å². The van der Waals surface area contributed by atoms with E-state index in [9.17, 15) is 9.90 Å². The molecule has 1 aromatic rings. The summed E-state index contributed by atoms with van der Waals surface area (Å²) in [6, 6.07) is 4.29. The number of carbonyl (C=O) groups is 1. The van der Waals surface area contributed by atoms with Gasteiger partial charge in [0, 0.05) is 5.69 Å². The summed E-state index contributed by atoms with van der Waals surface area (Å²) >= 11 is 0. The molecule has 0 aliphatic rings. The van der Waals surface area contributed by atoms with Gasteiger partial charge >= 0.3 is 5.97 Å². The Balaban J connectivity index is 2.83. The van der Waals surface area contributed by atoms with Gasteiger partial charge < -0.3 is 15.6 Å². The second-order valence-electron chi connectivity index (χ2n) is 2.91. The quantitative estimate of drug-likeness (QED) is 0.436. The molecule has 0 saturated carbocycles. The molecule has 0 aromatic heterocycles. The molecule has 0 heterocycles. The minimum absolute atomic E-state index is 0.110. The van der Waals surface area contributed by atoms with Gasteiger partial charge in [0.2, 0.25) is 0 Å². The van der Waals surface area contributed by atoms with Gasteiger partial charge in [-0.25, -0.2) is 4.79 Å². The highest BCUT2D eigenvalue weighted by molar-refractivity contribution is 5.93. The SMILES string of the molecule is CCCOC(=O)c1cc(N)ccc1O. The van der Waals surface area contributed by atoms with Crippen LogP contribution in [0.1, 0.15) is 23.7 Å². The number of hydrogen-bond acceptors (Lipinski definition) is 4. The number of anilines is 1. The van der Waals surface area contributed by atoms with E-state index < -0.39 is 5.97 Å². The average Bonchev–Trinajstić information content (AvgIpc) is 2.18. The van der Waals surface area contributed by atoms with Crippen molar-refractivity contribution in [1.29, 1.82) is 0 Å². The van der Waals surface area contributed by atoms with Crippen molar-refractivity contribution in [2.24, 2.45) is 0 Å². The molecule has 4 nitrogen and oxygen atoms in total. The molecule has 0 aliphatic carbocycles. The van der Waals surface area contributed by atoms with Crippen LogP contribution < -0.4 is 5.73 Å². The third kappa shape index (κ3) is 2.39. The first kappa shape index (κ1) is 10.4. The number of benzene rings is 1. The van der Waals surface area contributed by atoms with Crippen molar-refractivity contribution in [2.75, 3.05) is 12.3 Å². The lowest BCUT2D eigenvalue weighted by atomic mass is 10.2. The summed E-state index contributed by atoms with van der Waals surface area (Å²) in [5.74, 6) is -0.656. The van der Waals surface area contributed by atoms with Crippen molar-refractivity contribution < 1.29 is 14.6 Å². The van der Waals surface area contributed by atoms with Crippen molar-refractivity contribution in [2.45, 2.75) is 13.3 Å². The van der Waals surface area contributed by atoms with Gasteiger partial charge in [0.25, 0.3) is 0 Å². The molecule has 0 radical (unpaired) electrons. The Morgan fingerprint density at radius 2 is 2.29 bits per heavy atom. The Bertz CT molecular complexity index is 336. The molecule has 76 valence electrons. The highest BCUT2D eigenvalue weighted by Gasteiger charge is 2.12. The number of esters is 1. The molecule has 0 bridgehead atoms. The number of phenols is 1. The fraction of sp³-hybridized carbons (Fsp3) is 0.300. The lowest BCUT2D eigenvalue weighted by molar-refractivity contribution is 0.0502. The highest BCUT2D eigenvalue weighted by atomic mass is 16.5. The van der Waals surface area contributed by atoms with Crippen molar-refractivity contribution in [3.8, 4) is 5.75 Å². The van der Waals surface area contributed by atoms with Crippen LogP contribution in [0.2, 0.25) is 0 Å². The van der Waals surface area contributed by atoms with E-state index in [1.54, 1.807) is 0 Å². The fourth-order valence-electron chi connectivity index (χ4n) is 0.990. The van der Waals surface area contributed by atoms with Gasteiger partial charge in [-0.05, 0) is 24.6 Å². The standard InChI is InChI=1S/C10H13NO3/c1-2-5-14-10(13)8-6-7(11)3-4-9(8)12/h3-4,6,12H,2,5,11H2,1H3. The zero-order valence-electron chi connectivity index (χ0n) is 7.99. The third-order valence-electron chi connectivity index (χ3n) is 1.68. The van der Waals surface area contributed by atoms with Gasteiger partial charge in [0.15, 0.2) is 0 Å². The number of aromatic hydroxyl groups is 1. The predicted molar refractivity (Wildman–Crippen MR) is 53.1 cm³/mol. The molecule has 0 fully saturated rings. The number of hydrogen-bond donors (Lipinski definition) is 2. The van der Waals surface area contributed by atoms with Gasteiger partial charge in [0.1, 0.15) is 11.3 Å². The van der Waals surface area contributed by atoms with Crippen molar-refractivity contribution in [1.82, 2.24) is 0 Å². The second kappa shape index (κ2) is 4.50.